The smallest absolute Gasteiger partial charge is 0.224 e. The molecule has 0 aliphatic heterocycles. The number of nitrogens with one attached hydrogen (secondary N) is 2. The van der Waals surface area contributed by atoms with Gasteiger partial charge < -0.3 is 10.6 Å². The highest BCUT2D eigenvalue weighted by atomic mass is 16.2. The Bertz CT molecular complexity index is 502. The minimum absolute atomic E-state index is 0.122. The summed E-state index contributed by atoms with van der Waals surface area (Å²) in [5.41, 5.74) is 0.883. The number of hydrogen-bond acceptors (Lipinski definition) is 2. The standard InChI is InChI=1S/C23H38N2O2/c1-24-22(26)19-15-10-8-6-4-2-3-5-7-9-11-16-20-23(27)25-21-17-13-12-14-18-21/h12-14,17-18H,2-11,15-16,19-20H2,1H3,(H,24,26)(H,25,27). The molecule has 0 fully saturated rings. The number of rotatable bonds is 16. The van der Waals surface area contributed by atoms with Crippen molar-refractivity contribution in [2.45, 2.75) is 89.9 Å². The highest BCUT2D eigenvalue weighted by molar-refractivity contribution is 5.90. The fourth-order valence-corrected chi connectivity index (χ4v) is 3.21. The Morgan fingerprint density at radius 3 is 1.48 bits per heavy atom. The van der Waals surface area contributed by atoms with E-state index >= 15 is 0 Å². The van der Waals surface area contributed by atoms with Crippen molar-refractivity contribution < 1.29 is 9.59 Å². The highest BCUT2D eigenvalue weighted by Crippen LogP contribution is 2.13. The van der Waals surface area contributed by atoms with E-state index in [9.17, 15) is 9.59 Å². The molecule has 0 aliphatic rings. The fourth-order valence-electron chi connectivity index (χ4n) is 3.21. The first kappa shape index (κ1) is 23.2. The third-order valence-electron chi connectivity index (χ3n) is 4.89. The minimum atomic E-state index is 0.122. The Kier molecular flexibility index (Phi) is 14.0. The van der Waals surface area contributed by atoms with Crippen LogP contribution in [-0.4, -0.2) is 18.9 Å². The summed E-state index contributed by atoms with van der Waals surface area (Å²) in [4.78, 5) is 22.9. The van der Waals surface area contributed by atoms with Crippen LogP contribution in [0.2, 0.25) is 0 Å². The summed E-state index contributed by atoms with van der Waals surface area (Å²) in [7, 11) is 1.70. The predicted octanol–water partition coefficient (Wildman–Crippen LogP) is 5.83. The molecular formula is C23H38N2O2. The highest BCUT2D eigenvalue weighted by Gasteiger charge is 2.01. The Labute approximate surface area is 165 Å². The Hall–Kier alpha value is -1.84. The zero-order chi connectivity index (χ0) is 19.6. The van der Waals surface area contributed by atoms with Crippen LogP contribution in [0.15, 0.2) is 30.3 Å². The van der Waals surface area contributed by atoms with Gasteiger partial charge in [-0.15, -0.1) is 0 Å². The van der Waals surface area contributed by atoms with Gasteiger partial charge in [0.25, 0.3) is 0 Å². The van der Waals surface area contributed by atoms with Crippen molar-refractivity contribution in [3.05, 3.63) is 30.3 Å². The number of unbranched alkanes of at least 4 members (excludes halogenated alkanes) is 11. The van der Waals surface area contributed by atoms with Gasteiger partial charge in [-0.05, 0) is 25.0 Å². The molecule has 0 radical (unpaired) electrons. The van der Waals surface area contributed by atoms with Gasteiger partial charge >= 0.3 is 0 Å². The molecule has 4 nitrogen and oxygen atoms in total. The van der Waals surface area contributed by atoms with Gasteiger partial charge in [0.15, 0.2) is 0 Å². The number of benzene rings is 1. The second kappa shape index (κ2) is 16.3. The molecule has 4 heteroatoms. The monoisotopic (exact) mass is 374 g/mol. The van der Waals surface area contributed by atoms with E-state index in [4.69, 9.17) is 0 Å². The molecule has 152 valence electrons. The molecule has 0 heterocycles. The van der Waals surface area contributed by atoms with Crippen LogP contribution in [0.3, 0.4) is 0 Å². The molecule has 0 spiro atoms. The van der Waals surface area contributed by atoms with E-state index in [0.717, 1.165) is 24.9 Å². The lowest BCUT2D eigenvalue weighted by atomic mass is 10.0. The van der Waals surface area contributed by atoms with E-state index in [-0.39, 0.29) is 11.8 Å². The van der Waals surface area contributed by atoms with Gasteiger partial charge in [0.1, 0.15) is 0 Å². The zero-order valence-corrected chi connectivity index (χ0v) is 17.1. The molecule has 0 saturated carbocycles. The number of anilines is 1. The maximum absolute atomic E-state index is 11.8. The second-order valence-corrected chi connectivity index (χ2v) is 7.33. The molecule has 0 unspecified atom stereocenters. The van der Waals surface area contributed by atoms with Crippen molar-refractivity contribution in [3.63, 3.8) is 0 Å². The average molecular weight is 375 g/mol. The molecule has 0 saturated heterocycles. The minimum Gasteiger partial charge on any atom is -0.359 e. The van der Waals surface area contributed by atoms with Crippen molar-refractivity contribution in [3.8, 4) is 0 Å². The zero-order valence-electron chi connectivity index (χ0n) is 17.1. The van der Waals surface area contributed by atoms with Crippen LogP contribution < -0.4 is 10.6 Å². The van der Waals surface area contributed by atoms with E-state index in [2.05, 4.69) is 10.6 Å². The van der Waals surface area contributed by atoms with Crippen LogP contribution in [0.4, 0.5) is 5.69 Å². The van der Waals surface area contributed by atoms with Crippen molar-refractivity contribution in [1.82, 2.24) is 5.32 Å². The summed E-state index contributed by atoms with van der Waals surface area (Å²) in [5, 5.41) is 5.60. The summed E-state index contributed by atoms with van der Waals surface area (Å²) < 4.78 is 0. The molecule has 0 bridgehead atoms. The Balaban J connectivity index is 1.79. The van der Waals surface area contributed by atoms with Crippen molar-refractivity contribution in [1.29, 1.82) is 0 Å². The second-order valence-electron chi connectivity index (χ2n) is 7.33. The molecule has 0 aliphatic carbocycles. The number of hydrogen-bond donors (Lipinski definition) is 2. The summed E-state index contributed by atoms with van der Waals surface area (Å²) in [6, 6.07) is 9.66. The van der Waals surface area contributed by atoms with Crippen LogP contribution >= 0.6 is 0 Å². The van der Waals surface area contributed by atoms with Crippen molar-refractivity contribution >= 4 is 17.5 Å². The van der Waals surface area contributed by atoms with Crippen molar-refractivity contribution in [2.24, 2.45) is 0 Å². The number of para-hydroxylation sites is 1. The third-order valence-corrected chi connectivity index (χ3v) is 4.89. The summed E-state index contributed by atoms with van der Waals surface area (Å²) in [6.45, 7) is 0. The van der Waals surface area contributed by atoms with Crippen LogP contribution in [0.5, 0.6) is 0 Å². The lowest BCUT2D eigenvalue weighted by Crippen LogP contribution is -2.16. The Morgan fingerprint density at radius 2 is 1.04 bits per heavy atom. The van der Waals surface area contributed by atoms with E-state index in [1.54, 1.807) is 7.05 Å². The van der Waals surface area contributed by atoms with Crippen LogP contribution in [0.1, 0.15) is 89.9 Å². The molecule has 1 aromatic rings. The largest absolute Gasteiger partial charge is 0.359 e. The molecule has 2 amide bonds. The van der Waals surface area contributed by atoms with Gasteiger partial charge in [0, 0.05) is 25.6 Å². The maximum Gasteiger partial charge on any atom is 0.224 e. The topological polar surface area (TPSA) is 58.2 Å². The molecule has 2 N–H and O–H groups in total. The quantitative estimate of drug-likeness (QED) is 0.357. The molecule has 1 aromatic carbocycles. The third kappa shape index (κ3) is 14.0. The normalized spacial score (nSPS) is 10.6. The molecule has 0 aromatic heterocycles. The van der Waals surface area contributed by atoms with Gasteiger partial charge in [-0.25, -0.2) is 0 Å². The van der Waals surface area contributed by atoms with Crippen LogP contribution in [0.25, 0.3) is 0 Å². The van der Waals surface area contributed by atoms with E-state index in [1.807, 2.05) is 30.3 Å². The van der Waals surface area contributed by atoms with Crippen molar-refractivity contribution in [2.75, 3.05) is 12.4 Å². The maximum atomic E-state index is 11.8. The summed E-state index contributed by atoms with van der Waals surface area (Å²) in [6.07, 6.45) is 16.0. The lowest BCUT2D eigenvalue weighted by Gasteiger charge is -2.05. The average Bonchev–Trinajstić information content (AvgIpc) is 2.68. The van der Waals surface area contributed by atoms with Gasteiger partial charge in [-0.2, -0.15) is 0 Å². The molecule has 1 rings (SSSR count). The van der Waals surface area contributed by atoms with Crippen LogP contribution in [-0.2, 0) is 9.59 Å². The molecular weight excluding hydrogens is 336 g/mol. The first-order chi connectivity index (χ1) is 13.2. The SMILES string of the molecule is CNC(=O)CCCCCCCCCCCCCCC(=O)Nc1ccccc1. The van der Waals surface area contributed by atoms with E-state index in [1.165, 1.54) is 57.8 Å². The first-order valence-corrected chi connectivity index (χ1v) is 10.8. The number of carbonyl (C=O) groups is 2. The van der Waals surface area contributed by atoms with E-state index in [0.29, 0.717) is 12.8 Å². The van der Waals surface area contributed by atoms with Gasteiger partial charge in [-0.3, -0.25) is 9.59 Å². The number of amides is 2. The lowest BCUT2D eigenvalue weighted by molar-refractivity contribution is -0.120. The van der Waals surface area contributed by atoms with Gasteiger partial charge in [-0.1, -0.05) is 82.4 Å². The predicted molar refractivity (Wildman–Crippen MR) is 114 cm³/mol. The first-order valence-electron chi connectivity index (χ1n) is 10.8. The van der Waals surface area contributed by atoms with Gasteiger partial charge in [0.05, 0.1) is 0 Å². The molecule has 0 atom stereocenters. The fraction of sp³-hybridized carbons (Fsp3) is 0.652. The number of carbonyl (C=O) groups excluding carboxylic acids is 2. The van der Waals surface area contributed by atoms with Crippen LogP contribution in [0, 0.1) is 0 Å². The molecule has 27 heavy (non-hydrogen) atoms. The van der Waals surface area contributed by atoms with E-state index < -0.39 is 0 Å². The van der Waals surface area contributed by atoms with Gasteiger partial charge in [0.2, 0.25) is 11.8 Å². The summed E-state index contributed by atoms with van der Waals surface area (Å²) >= 11 is 0. The summed E-state index contributed by atoms with van der Waals surface area (Å²) in [5.74, 6) is 0.281. The Morgan fingerprint density at radius 1 is 0.630 bits per heavy atom.